The lowest BCUT2D eigenvalue weighted by molar-refractivity contribution is 0.0154. The molecule has 0 radical (unpaired) electrons. The molecule has 160 valence electrons. The Balaban J connectivity index is 1.41. The molecule has 31 heavy (non-hydrogen) atoms. The summed E-state index contributed by atoms with van der Waals surface area (Å²) in [6.07, 6.45) is 8.02. The Kier molecular flexibility index (Phi) is 5.32. The van der Waals surface area contributed by atoms with Crippen molar-refractivity contribution in [1.29, 1.82) is 0 Å². The fourth-order valence-corrected chi connectivity index (χ4v) is 4.75. The second-order valence-electron chi connectivity index (χ2n) is 8.38. The number of nitrogens with zero attached hydrogens (tertiary/aromatic N) is 4. The van der Waals surface area contributed by atoms with Crippen molar-refractivity contribution in [3.63, 3.8) is 0 Å². The van der Waals surface area contributed by atoms with Gasteiger partial charge in [-0.25, -0.2) is 15.0 Å². The molecule has 0 aliphatic carbocycles. The summed E-state index contributed by atoms with van der Waals surface area (Å²) in [4.78, 5) is 15.7. The predicted molar refractivity (Wildman–Crippen MR) is 121 cm³/mol. The molecule has 0 spiro atoms. The number of hydrogen-bond donors (Lipinski definition) is 0. The SMILES string of the molecule is Cc1cc(Oc2nccc3c2CCN3C2CCCCO2)ccc1-c1c(C)ncnc1C. The number of hydrogen-bond acceptors (Lipinski definition) is 6. The molecular weight excluding hydrogens is 388 g/mol. The lowest BCUT2D eigenvalue weighted by Gasteiger charge is -2.33. The van der Waals surface area contributed by atoms with Gasteiger partial charge in [-0.1, -0.05) is 6.07 Å². The van der Waals surface area contributed by atoms with Crippen LogP contribution in [0, 0.1) is 20.8 Å². The molecule has 6 heteroatoms. The van der Waals surface area contributed by atoms with Crippen LogP contribution in [-0.4, -0.2) is 34.3 Å². The van der Waals surface area contributed by atoms with Crippen molar-refractivity contribution in [3.8, 4) is 22.8 Å². The molecule has 6 nitrogen and oxygen atoms in total. The Morgan fingerprint density at radius 2 is 1.87 bits per heavy atom. The van der Waals surface area contributed by atoms with Gasteiger partial charge < -0.3 is 14.4 Å². The van der Waals surface area contributed by atoms with Crippen molar-refractivity contribution in [2.45, 2.75) is 52.7 Å². The van der Waals surface area contributed by atoms with Gasteiger partial charge in [0.15, 0.2) is 0 Å². The summed E-state index contributed by atoms with van der Waals surface area (Å²) in [7, 11) is 0. The summed E-state index contributed by atoms with van der Waals surface area (Å²) in [5, 5.41) is 0. The van der Waals surface area contributed by atoms with E-state index in [9.17, 15) is 0 Å². The predicted octanol–water partition coefficient (Wildman–Crippen LogP) is 5.15. The average molecular weight is 417 g/mol. The highest BCUT2D eigenvalue weighted by molar-refractivity contribution is 5.72. The van der Waals surface area contributed by atoms with Gasteiger partial charge in [0.05, 0.1) is 0 Å². The summed E-state index contributed by atoms with van der Waals surface area (Å²) in [6.45, 7) is 7.94. The minimum absolute atomic E-state index is 0.173. The molecule has 0 N–H and O–H groups in total. The number of rotatable bonds is 4. The number of fused-ring (bicyclic) bond motifs is 1. The molecule has 0 bridgehead atoms. The van der Waals surface area contributed by atoms with E-state index in [-0.39, 0.29) is 6.23 Å². The van der Waals surface area contributed by atoms with Gasteiger partial charge in [0.25, 0.3) is 0 Å². The van der Waals surface area contributed by atoms with Crippen molar-refractivity contribution in [1.82, 2.24) is 15.0 Å². The van der Waals surface area contributed by atoms with E-state index < -0.39 is 0 Å². The molecule has 2 aliphatic rings. The molecular formula is C25H28N4O2. The molecule has 1 fully saturated rings. The Labute approximate surface area is 183 Å². The largest absolute Gasteiger partial charge is 0.439 e. The van der Waals surface area contributed by atoms with Crippen LogP contribution in [0.5, 0.6) is 11.6 Å². The molecule has 3 aromatic rings. The van der Waals surface area contributed by atoms with Crippen LogP contribution in [0.2, 0.25) is 0 Å². The van der Waals surface area contributed by atoms with Crippen molar-refractivity contribution in [2.75, 3.05) is 18.1 Å². The topological polar surface area (TPSA) is 60.4 Å². The fraction of sp³-hybridized carbons (Fsp3) is 0.400. The van der Waals surface area contributed by atoms with Crippen LogP contribution in [0.3, 0.4) is 0 Å². The third kappa shape index (κ3) is 3.76. The highest BCUT2D eigenvalue weighted by atomic mass is 16.5. The number of anilines is 1. The quantitative estimate of drug-likeness (QED) is 0.587. The number of aromatic nitrogens is 3. The van der Waals surface area contributed by atoms with Crippen LogP contribution in [0.25, 0.3) is 11.1 Å². The maximum absolute atomic E-state index is 6.28. The van der Waals surface area contributed by atoms with E-state index >= 15 is 0 Å². The Morgan fingerprint density at radius 1 is 1.03 bits per heavy atom. The normalized spacial score (nSPS) is 18.2. The first-order valence-electron chi connectivity index (χ1n) is 11.0. The third-order valence-corrected chi connectivity index (χ3v) is 6.32. The van der Waals surface area contributed by atoms with E-state index in [1.165, 1.54) is 17.7 Å². The van der Waals surface area contributed by atoms with Gasteiger partial charge >= 0.3 is 0 Å². The summed E-state index contributed by atoms with van der Waals surface area (Å²) >= 11 is 0. The lowest BCUT2D eigenvalue weighted by atomic mass is 9.98. The van der Waals surface area contributed by atoms with E-state index in [1.54, 1.807) is 6.33 Å². The first-order valence-corrected chi connectivity index (χ1v) is 11.0. The van der Waals surface area contributed by atoms with E-state index in [0.29, 0.717) is 5.88 Å². The first-order chi connectivity index (χ1) is 15.1. The summed E-state index contributed by atoms with van der Waals surface area (Å²) in [5.41, 5.74) is 7.68. The molecule has 1 aromatic carbocycles. The monoisotopic (exact) mass is 416 g/mol. The van der Waals surface area contributed by atoms with Crippen molar-refractivity contribution >= 4 is 5.69 Å². The van der Waals surface area contributed by atoms with Crippen LogP contribution in [0.4, 0.5) is 5.69 Å². The molecule has 1 unspecified atom stereocenters. The zero-order chi connectivity index (χ0) is 21.4. The summed E-state index contributed by atoms with van der Waals surface area (Å²) in [5.74, 6) is 1.49. The van der Waals surface area contributed by atoms with Gasteiger partial charge in [0.1, 0.15) is 18.3 Å². The lowest BCUT2D eigenvalue weighted by Crippen LogP contribution is -2.38. The van der Waals surface area contributed by atoms with Gasteiger partial charge in [-0.3, -0.25) is 0 Å². The Morgan fingerprint density at radius 3 is 2.61 bits per heavy atom. The highest BCUT2D eigenvalue weighted by Crippen LogP contribution is 2.39. The molecule has 5 rings (SSSR count). The van der Waals surface area contributed by atoms with Gasteiger partial charge in [0, 0.05) is 47.6 Å². The molecule has 2 aliphatic heterocycles. The minimum atomic E-state index is 0.173. The number of pyridine rings is 1. The molecule has 0 saturated carbocycles. The van der Waals surface area contributed by atoms with Gasteiger partial charge in [-0.05, 0) is 75.8 Å². The maximum Gasteiger partial charge on any atom is 0.224 e. The van der Waals surface area contributed by atoms with Crippen molar-refractivity contribution < 1.29 is 9.47 Å². The van der Waals surface area contributed by atoms with Crippen LogP contribution >= 0.6 is 0 Å². The zero-order valence-corrected chi connectivity index (χ0v) is 18.4. The molecule has 2 aromatic heterocycles. The third-order valence-electron chi connectivity index (χ3n) is 6.32. The summed E-state index contributed by atoms with van der Waals surface area (Å²) < 4.78 is 12.3. The molecule has 0 amide bonds. The first kappa shape index (κ1) is 19.9. The van der Waals surface area contributed by atoms with E-state index in [4.69, 9.17) is 9.47 Å². The maximum atomic E-state index is 6.28. The highest BCUT2D eigenvalue weighted by Gasteiger charge is 2.30. The van der Waals surface area contributed by atoms with E-state index in [2.05, 4.69) is 45.0 Å². The number of ether oxygens (including phenoxy) is 2. The van der Waals surface area contributed by atoms with E-state index in [1.807, 2.05) is 26.1 Å². The molecule has 1 atom stereocenters. The second kappa shape index (κ2) is 8.27. The van der Waals surface area contributed by atoms with Gasteiger partial charge in [-0.15, -0.1) is 0 Å². The Bertz CT molecular complexity index is 1090. The average Bonchev–Trinajstić information content (AvgIpc) is 3.21. The van der Waals surface area contributed by atoms with Gasteiger partial charge in [-0.2, -0.15) is 0 Å². The van der Waals surface area contributed by atoms with Crippen LogP contribution < -0.4 is 9.64 Å². The smallest absolute Gasteiger partial charge is 0.224 e. The summed E-state index contributed by atoms with van der Waals surface area (Å²) in [6, 6.07) is 8.25. The minimum Gasteiger partial charge on any atom is -0.439 e. The second-order valence-corrected chi connectivity index (χ2v) is 8.38. The Hall–Kier alpha value is -2.99. The van der Waals surface area contributed by atoms with Crippen molar-refractivity contribution in [3.05, 3.63) is 59.3 Å². The molecule has 4 heterocycles. The molecule has 1 saturated heterocycles. The van der Waals surface area contributed by atoms with Crippen LogP contribution in [0.1, 0.15) is 41.8 Å². The number of benzene rings is 1. The van der Waals surface area contributed by atoms with Crippen LogP contribution in [0.15, 0.2) is 36.8 Å². The number of aryl methyl sites for hydroxylation is 3. The standard InChI is InChI=1S/C25H28N4O2/c1-16-14-19(7-8-20(16)24-17(2)27-15-28-18(24)3)31-25-21-10-12-29(22(21)9-11-26-25)23-6-4-5-13-30-23/h7-9,11,14-15,23H,4-6,10,12-13H2,1-3H3. The van der Waals surface area contributed by atoms with E-state index in [0.717, 1.165) is 66.2 Å². The van der Waals surface area contributed by atoms with Crippen LogP contribution in [-0.2, 0) is 11.2 Å². The van der Waals surface area contributed by atoms with Crippen molar-refractivity contribution in [2.24, 2.45) is 0 Å². The fourth-order valence-electron chi connectivity index (χ4n) is 4.75. The zero-order valence-electron chi connectivity index (χ0n) is 18.4. The van der Waals surface area contributed by atoms with Gasteiger partial charge in [0.2, 0.25) is 5.88 Å².